The molecule has 4 nitrogen and oxygen atoms in total. The van der Waals surface area contributed by atoms with E-state index in [0.717, 1.165) is 11.3 Å². The fourth-order valence-corrected chi connectivity index (χ4v) is 1.63. The first kappa shape index (κ1) is 11.2. The quantitative estimate of drug-likeness (QED) is 0.873. The van der Waals surface area contributed by atoms with Gasteiger partial charge in [0.05, 0.1) is 24.7 Å². The van der Waals surface area contributed by atoms with Crippen LogP contribution in [0.5, 0.6) is 0 Å². The third kappa shape index (κ3) is 2.45. The molecule has 2 rings (SSSR count). The molecule has 0 saturated heterocycles. The van der Waals surface area contributed by atoms with Gasteiger partial charge < -0.3 is 5.73 Å². The maximum absolute atomic E-state index is 8.54. The van der Waals surface area contributed by atoms with Gasteiger partial charge in [0.2, 0.25) is 0 Å². The van der Waals surface area contributed by atoms with Crippen LogP contribution in [-0.4, -0.2) is 9.78 Å². The molecule has 0 unspecified atom stereocenters. The van der Waals surface area contributed by atoms with Crippen LogP contribution in [-0.2, 0) is 6.54 Å². The topological polar surface area (TPSA) is 67.6 Å². The number of nitrogens with zero attached hydrogens (tertiary/aromatic N) is 3. The SMILES string of the molecule is Cc1ccc(-c2cc(N)n(CCC#N)n2)cc1. The van der Waals surface area contributed by atoms with Crippen molar-refractivity contribution < 1.29 is 0 Å². The van der Waals surface area contributed by atoms with Crippen molar-refractivity contribution in [2.75, 3.05) is 5.73 Å². The Bertz CT molecular complexity index is 546. The zero-order valence-corrected chi connectivity index (χ0v) is 9.72. The van der Waals surface area contributed by atoms with E-state index in [1.807, 2.05) is 37.3 Å². The molecule has 1 aromatic heterocycles. The number of aryl methyl sites for hydroxylation is 2. The number of benzene rings is 1. The van der Waals surface area contributed by atoms with E-state index in [1.54, 1.807) is 4.68 Å². The molecule has 0 atom stereocenters. The molecule has 1 heterocycles. The molecule has 0 fully saturated rings. The van der Waals surface area contributed by atoms with Crippen LogP contribution in [0.15, 0.2) is 30.3 Å². The summed E-state index contributed by atoms with van der Waals surface area (Å²) >= 11 is 0. The second-order valence-electron chi connectivity index (χ2n) is 3.95. The van der Waals surface area contributed by atoms with E-state index < -0.39 is 0 Å². The van der Waals surface area contributed by atoms with Crippen molar-refractivity contribution in [3.8, 4) is 17.3 Å². The Kier molecular flexibility index (Phi) is 3.10. The summed E-state index contributed by atoms with van der Waals surface area (Å²) in [5, 5.41) is 12.9. The van der Waals surface area contributed by atoms with E-state index >= 15 is 0 Å². The summed E-state index contributed by atoms with van der Waals surface area (Å²) in [4.78, 5) is 0. The van der Waals surface area contributed by atoms with Crippen LogP contribution < -0.4 is 5.73 Å². The highest BCUT2D eigenvalue weighted by Gasteiger charge is 2.06. The molecule has 0 spiro atoms. The average Bonchev–Trinajstić information content (AvgIpc) is 2.69. The lowest BCUT2D eigenvalue weighted by molar-refractivity contribution is 0.639. The molecule has 0 radical (unpaired) electrons. The molecular formula is C13H14N4. The van der Waals surface area contributed by atoms with E-state index in [-0.39, 0.29) is 0 Å². The second kappa shape index (κ2) is 4.71. The van der Waals surface area contributed by atoms with Crippen LogP contribution in [0.2, 0.25) is 0 Å². The smallest absolute Gasteiger partial charge is 0.122 e. The zero-order chi connectivity index (χ0) is 12.3. The van der Waals surface area contributed by atoms with Crippen LogP contribution in [0.3, 0.4) is 0 Å². The summed E-state index contributed by atoms with van der Waals surface area (Å²) in [6.45, 7) is 2.58. The normalized spacial score (nSPS) is 10.1. The standard InChI is InChI=1S/C13H14N4/c1-10-3-5-11(6-4-10)12-9-13(15)17(16-12)8-2-7-14/h3-6,9H,2,8,15H2,1H3. The van der Waals surface area contributed by atoms with Gasteiger partial charge in [-0.2, -0.15) is 10.4 Å². The maximum Gasteiger partial charge on any atom is 0.122 e. The van der Waals surface area contributed by atoms with Gasteiger partial charge in [0.1, 0.15) is 5.82 Å². The first-order valence-corrected chi connectivity index (χ1v) is 5.48. The molecule has 0 aliphatic heterocycles. The second-order valence-corrected chi connectivity index (χ2v) is 3.95. The maximum atomic E-state index is 8.54. The molecule has 86 valence electrons. The van der Waals surface area contributed by atoms with Crippen LogP contribution in [0.1, 0.15) is 12.0 Å². The minimum absolute atomic E-state index is 0.416. The molecule has 1 aromatic carbocycles. The van der Waals surface area contributed by atoms with Crippen molar-refractivity contribution in [1.29, 1.82) is 5.26 Å². The van der Waals surface area contributed by atoms with Crippen molar-refractivity contribution in [3.63, 3.8) is 0 Å². The Labute approximate surface area is 100 Å². The Morgan fingerprint density at radius 2 is 2.06 bits per heavy atom. The molecule has 2 aromatic rings. The van der Waals surface area contributed by atoms with E-state index in [2.05, 4.69) is 11.2 Å². The zero-order valence-electron chi connectivity index (χ0n) is 9.72. The predicted octanol–water partition coefficient (Wildman–Crippen LogP) is 2.35. The summed E-state index contributed by atoms with van der Waals surface area (Å²) in [6, 6.07) is 12.0. The van der Waals surface area contributed by atoms with Crippen molar-refractivity contribution in [2.45, 2.75) is 19.9 Å². The van der Waals surface area contributed by atoms with Crippen molar-refractivity contribution in [1.82, 2.24) is 9.78 Å². The lowest BCUT2D eigenvalue weighted by atomic mass is 10.1. The summed E-state index contributed by atoms with van der Waals surface area (Å²) < 4.78 is 1.67. The van der Waals surface area contributed by atoms with E-state index in [0.29, 0.717) is 18.8 Å². The summed E-state index contributed by atoms with van der Waals surface area (Å²) in [6.07, 6.45) is 0.416. The summed E-state index contributed by atoms with van der Waals surface area (Å²) in [5.74, 6) is 0.593. The number of aromatic nitrogens is 2. The Morgan fingerprint density at radius 3 is 2.71 bits per heavy atom. The van der Waals surface area contributed by atoms with Crippen LogP contribution >= 0.6 is 0 Å². The molecule has 0 aliphatic rings. The Balaban J connectivity index is 2.28. The van der Waals surface area contributed by atoms with E-state index in [9.17, 15) is 0 Å². The van der Waals surface area contributed by atoms with Gasteiger partial charge in [0.15, 0.2) is 0 Å². The number of nitrogens with two attached hydrogens (primary N) is 1. The van der Waals surface area contributed by atoms with Crippen molar-refractivity contribution in [2.24, 2.45) is 0 Å². The Morgan fingerprint density at radius 1 is 1.35 bits per heavy atom. The lowest BCUT2D eigenvalue weighted by Crippen LogP contribution is -2.03. The third-order valence-corrected chi connectivity index (χ3v) is 2.59. The largest absolute Gasteiger partial charge is 0.384 e. The fourth-order valence-electron chi connectivity index (χ4n) is 1.63. The van der Waals surface area contributed by atoms with Crippen LogP contribution in [0.25, 0.3) is 11.3 Å². The number of nitriles is 1. The number of nitrogen functional groups attached to an aromatic ring is 1. The van der Waals surface area contributed by atoms with Gasteiger partial charge in [-0.1, -0.05) is 29.8 Å². The van der Waals surface area contributed by atoms with Crippen LogP contribution in [0, 0.1) is 18.3 Å². The van der Waals surface area contributed by atoms with Crippen molar-refractivity contribution >= 4 is 5.82 Å². The van der Waals surface area contributed by atoms with Gasteiger partial charge in [0.25, 0.3) is 0 Å². The van der Waals surface area contributed by atoms with Gasteiger partial charge >= 0.3 is 0 Å². The minimum Gasteiger partial charge on any atom is -0.384 e. The minimum atomic E-state index is 0.416. The molecule has 0 bridgehead atoms. The van der Waals surface area contributed by atoms with Gasteiger partial charge in [-0.15, -0.1) is 0 Å². The number of hydrogen-bond donors (Lipinski definition) is 1. The summed E-state index contributed by atoms with van der Waals surface area (Å²) in [5.41, 5.74) is 8.94. The van der Waals surface area contributed by atoms with Crippen LogP contribution in [0.4, 0.5) is 5.82 Å². The van der Waals surface area contributed by atoms with Crippen molar-refractivity contribution in [3.05, 3.63) is 35.9 Å². The lowest BCUT2D eigenvalue weighted by Gasteiger charge is -1.99. The van der Waals surface area contributed by atoms with E-state index in [1.165, 1.54) is 5.56 Å². The molecule has 0 aliphatic carbocycles. The predicted molar refractivity (Wildman–Crippen MR) is 67.0 cm³/mol. The van der Waals surface area contributed by atoms with Gasteiger partial charge in [-0.25, -0.2) is 4.68 Å². The third-order valence-electron chi connectivity index (χ3n) is 2.59. The fraction of sp³-hybridized carbons (Fsp3) is 0.231. The number of hydrogen-bond acceptors (Lipinski definition) is 3. The number of rotatable bonds is 3. The van der Waals surface area contributed by atoms with Gasteiger partial charge in [-0.3, -0.25) is 0 Å². The molecule has 17 heavy (non-hydrogen) atoms. The Hall–Kier alpha value is -2.28. The first-order chi connectivity index (χ1) is 8.20. The molecule has 0 amide bonds. The molecular weight excluding hydrogens is 212 g/mol. The van der Waals surface area contributed by atoms with E-state index in [4.69, 9.17) is 11.0 Å². The molecule has 0 saturated carbocycles. The highest BCUT2D eigenvalue weighted by atomic mass is 15.3. The highest BCUT2D eigenvalue weighted by Crippen LogP contribution is 2.20. The summed E-state index contributed by atoms with van der Waals surface area (Å²) in [7, 11) is 0. The first-order valence-electron chi connectivity index (χ1n) is 5.48. The van der Waals surface area contributed by atoms with Gasteiger partial charge in [0, 0.05) is 11.6 Å². The highest BCUT2D eigenvalue weighted by molar-refractivity contribution is 5.62. The number of anilines is 1. The van der Waals surface area contributed by atoms with Gasteiger partial charge in [-0.05, 0) is 6.92 Å². The molecule has 2 N–H and O–H groups in total. The average molecular weight is 226 g/mol. The molecule has 4 heteroatoms. The monoisotopic (exact) mass is 226 g/mol.